The van der Waals surface area contributed by atoms with Gasteiger partial charge in [-0.25, -0.2) is 0 Å². The number of ether oxygens (including phenoxy) is 1. The zero-order chi connectivity index (χ0) is 13.9. The Morgan fingerprint density at radius 2 is 2.00 bits per heavy atom. The Hall–Kier alpha value is -0.900. The number of fused-ring (bicyclic) bond motifs is 2. The Kier molecular flexibility index (Phi) is 2.79. The molecule has 0 radical (unpaired) electrons. The smallest absolute Gasteiger partial charge is 0.309 e. The van der Waals surface area contributed by atoms with Crippen LogP contribution in [0.25, 0.3) is 0 Å². The van der Waals surface area contributed by atoms with Crippen molar-refractivity contribution in [3.05, 3.63) is 0 Å². The van der Waals surface area contributed by atoms with Crippen LogP contribution in [0.3, 0.4) is 0 Å². The van der Waals surface area contributed by atoms with E-state index in [9.17, 15) is 14.7 Å². The summed E-state index contributed by atoms with van der Waals surface area (Å²) in [7, 11) is 0. The second-order valence-corrected chi connectivity index (χ2v) is 6.98. The van der Waals surface area contributed by atoms with Crippen LogP contribution in [0.15, 0.2) is 0 Å². The number of hydrogen-bond acceptors (Lipinski definition) is 4. The number of aliphatic hydroxyl groups is 1. The second kappa shape index (κ2) is 4.05. The SMILES string of the molecule is CC1CC2OC(=O)C(C)C2CC2(C)C(=O)CC(O)C12. The van der Waals surface area contributed by atoms with Crippen molar-refractivity contribution in [1.29, 1.82) is 0 Å². The lowest BCUT2D eigenvalue weighted by atomic mass is 9.69. The van der Waals surface area contributed by atoms with Gasteiger partial charge in [-0.05, 0) is 18.8 Å². The highest BCUT2D eigenvalue weighted by atomic mass is 16.6. The van der Waals surface area contributed by atoms with Crippen molar-refractivity contribution in [2.75, 3.05) is 0 Å². The van der Waals surface area contributed by atoms with E-state index in [1.165, 1.54) is 0 Å². The van der Waals surface area contributed by atoms with E-state index < -0.39 is 11.5 Å². The Bertz CT molecular complexity index is 432. The van der Waals surface area contributed by atoms with E-state index in [-0.39, 0.29) is 47.9 Å². The summed E-state index contributed by atoms with van der Waals surface area (Å²) < 4.78 is 5.48. The number of aliphatic hydroxyl groups excluding tert-OH is 1. The van der Waals surface area contributed by atoms with Gasteiger partial charge in [-0.3, -0.25) is 9.59 Å². The highest BCUT2D eigenvalue weighted by Crippen LogP contribution is 2.55. The highest BCUT2D eigenvalue weighted by molar-refractivity contribution is 5.88. The first-order valence-corrected chi connectivity index (χ1v) is 7.26. The van der Waals surface area contributed by atoms with Crippen LogP contribution >= 0.6 is 0 Å². The predicted octanol–water partition coefficient (Wildman–Crippen LogP) is 1.55. The maximum Gasteiger partial charge on any atom is 0.309 e. The van der Waals surface area contributed by atoms with Gasteiger partial charge in [0.2, 0.25) is 0 Å². The largest absolute Gasteiger partial charge is 0.462 e. The van der Waals surface area contributed by atoms with Crippen LogP contribution in [0, 0.1) is 29.1 Å². The Labute approximate surface area is 113 Å². The lowest BCUT2D eigenvalue weighted by Gasteiger charge is -2.34. The van der Waals surface area contributed by atoms with Crippen LogP contribution < -0.4 is 0 Å². The van der Waals surface area contributed by atoms with Gasteiger partial charge in [-0.1, -0.05) is 20.8 Å². The number of ketones is 1. The van der Waals surface area contributed by atoms with Gasteiger partial charge in [0.25, 0.3) is 0 Å². The molecule has 4 nitrogen and oxygen atoms in total. The van der Waals surface area contributed by atoms with Gasteiger partial charge in [0.05, 0.1) is 12.0 Å². The molecule has 4 heteroatoms. The molecule has 3 rings (SSSR count). The molecular weight excluding hydrogens is 244 g/mol. The minimum absolute atomic E-state index is 0.0107. The first-order valence-electron chi connectivity index (χ1n) is 7.26. The lowest BCUT2D eigenvalue weighted by molar-refractivity contribution is -0.144. The third kappa shape index (κ3) is 1.69. The zero-order valence-electron chi connectivity index (χ0n) is 11.8. The molecule has 106 valence electrons. The van der Waals surface area contributed by atoms with E-state index in [1.54, 1.807) is 0 Å². The van der Waals surface area contributed by atoms with Crippen molar-refractivity contribution in [2.45, 2.75) is 52.2 Å². The minimum atomic E-state index is -0.530. The molecule has 2 saturated carbocycles. The van der Waals surface area contributed by atoms with Gasteiger partial charge in [0.15, 0.2) is 0 Å². The molecule has 1 heterocycles. The van der Waals surface area contributed by atoms with Gasteiger partial charge in [-0.15, -0.1) is 0 Å². The van der Waals surface area contributed by atoms with Gasteiger partial charge in [-0.2, -0.15) is 0 Å². The molecule has 0 aromatic carbocycles. The van der Waals surface area contributed by atoms with Crippen LogP contribution in [0.5, 0.6) is 0 Å². The molecule has 2 aliphatic carbocycles. The molecule has 0 aromatic rings. The van der Waals surface area contributed by atoms with E-state index >= 15 is 0 Å². The first-order chi connectivity index (χ1) is 8.84. The summed E-state index contributed by atoms with van der Waals surface area (Å²) in [4.78, 5) is 24.1. The van der Waals surface area contributed by atoms with Crippen LogP contribution in [0.2, 0.25) is 0 Å². The molecule has 0 bridgehead atoms. The maximum atomic E-state index is 12.3. The summed E-state index contributed by atoms with van der Waals surface area (Å²) in [5.74, 6) is 0.243. The number of carbonyl (C=O) groups is 2. The van der Waals surface area contributed by atoms with Crippen molar-refractivity contribution < 1.29 is 19.4 Å². The summed E-state index contributed by atoms with van der Waals surface area (Å²) in [5, 5.41) is 10.2. The summed E-state index contributed by atoms with van der Waals surface area (Å²) in [6.07, 6.45) is 1.12. The minimum Gasteiger partial charge on any atom is -0.462 e. The molecule has 0 aromatic heterocycles. The molecule has 7 unspecified atom stereocenters. The van der Waals surface area contributed by atoms with E-state index in [1.807, 2.05) is 13.8 Å². The maximum absolute atomic E-state index is 12.3. The van der Waals surface area contributed by atoms with Crippen LogP contribution in [-0.4, -0.2) is 29.1 Å². The standard InChI is InChI=1S/C15H22O4/c1-7-4-11-9(8(2)14(18)19-11)6-15(3)12(17)5-10(16)13(7)15/h7-11,13,16H,4-6H2,1-3H3. The Morgan fingerprint density at radius 1 is 1.32 bits per heavy atom. The molecule has 1 aliphatic heterocycles. The quantitative estimate of drug-likeness (QED) is 0.676. The molecule has 1 N–H and O–H groups in total. The molecule has 0 amide bonds. The van der Waals surface area contributed by atoms with E-state index in [4.69, 9.17) is 4.74 Å². The monoisotopic (exact) mass is 266 g/mol. The Morgan fingerprint density at radius 3 is 2.68 bits per heavy atom. The third-order valence-corrected chi connectivity index (χ3v) is 5.82. The van der Waals surface area contributed by atoms with Crippen molar-refractivity contribution in [2.24, 2.45) is 29.1 Å². The summed E-state index contributed by atoms with van der Waals surface area (Å²) in [6, 6.07) is 0. The number of Topliss-reactive ketones (excluding diaryl/α,β-unsaturated/α-hetero) is 1. The zero-order valence-corrected chi connectivity index (χ0v) is 11.8. The number of rotatable bonds is 0. The van der Waals surface area contributed by atoms with Crippen molar-refractivity contribution in [1.82, 2.24) is 0 Å². The van der Waals surface area contributed by atoms with Gasteiger partial charge >= 0.3 is 5.97 Å². The number of hydrogen-bond donors (Lipinski definition) is 1. The molecule has 19 heavy (non-hydrogen) atoms. The van der Waals surface area contributed by atoms with Crippen LogP contribution in [0.4, 0.5) is 0 Å². The molecule has 7 atom stereocenters. The fourth-order valence-electron chi connectivity index (χ4n) is 4.79. The first kappa shape index (κ1) is 13.1. The summed E-state index contributed by atoms with van der Waals surface area (Å²) in [5.41, 5.74) is -0.486. The van der Waals surface area contributed by atoms with Gasteiger partial charge < -0.3 is 9.84 Å². The van der Waals surface area contributed by atoms with Crippen LogP contribution in [0.1, 0.15) is 40.0 Å². The van der Waals surface area contributed by atoms with Crippen molar-refractivity contribution in [3.8, 4) is 0 Å². The number of carbonyl (C=O) groups excluding carboxylic acids is 2. The number of esters is 1. The van der Waals surface area contributed by atoms with Crippen molar-refractivity contribution >= 4 is 11.8 Å². The molecule has 1 saturated heterocycles. The average molecular weight is 266 g/mol. The van der Waals surface area contributed by atoms with E-state index in [0.29, 0.717) is 6.42 Å². The summed E-state index contributed by atoms with van der Waals surface area (Å²) >= 11 is 0. The predicted molar refractivity (Wildman–Crippen MR) is 68.2 cm³/mol. The summed E-state index contributed by atoms with van der Waals surface area (Å²) in [6.45, 7) is 5.95. The molecule has 3 aliphatic rings. The topological polar surface area (TPSA) is 63.6 Å². The van der Waals surface area contributed by atoms with E-state index in [0.717, 1.165) is 6.42 Å². The normalized spacial score (nSPS) is 53.5. The van der Waals surface area contributed by atoms with E-state index in [2.05, 4.69) is 6.92 Å². The van der Waals surface area contributed by atoms with Gasteiger partial charge in [0.1, 0.15) is 11.9 Å². The van der Waals surface area contributed by atoms with Crippen molar-refractivity contribution in [3.63, 3.8) is 0 Å². The lowest BCUT2D eigenvalue weighted by Crippen LogP contribution is -2.36. The van der Waals surface area contributed by atoms with Gasteiger partial charge in [0, 0.05) is 23.7 Å². The highest BCUT2D eigenvalue weighted by Gasteiger charge is 2.59. The third-order valence-electron chi connectivity index (χ3n) is 5.82. The average Bonchev–Trinajstić information content (AvgIpc) is 2.63. The molecule has 0 spiro atoms. The van der Waals surface area contributed by atoms with Crippen LogP contribution in [-0.2, 0) is 14.3 Å². The fraction of sp³-hybridized carbons (Fsp3) is 0.867. The second-order valence-electron chi connectivity index (χ2n) is 6.98. The fourth-order valence-corrected chi connectivity index (χ4v) is 4.79. The molecule has 3 fully saturated rings. The Balaban J connectivity index is 1.98. The molecular formula is C15H22O4.